The van der Waals surface area contributed by atoms with E-state index in [4.69, 9.17) is 0 Å². The number of rotatable bonds is 16. The van der Waals surface area contributed by atoms with Crippen LogP contribution in [0.4, 0.5) is 0 Å². The molecule has 0 bridgehead atoms. The molecule has 0 saturated heterocycles. The summed E-state index contributed by atoms with van der Waals surface area (Å²) in [6.07, 6.45) is 4.11. The molecule has 0 fully saturated rings. The first-order chi connectivity index (χ1) is 17.3. The summed E-state index contributed by atoms with van der Waals surface area (Å²) in [6, 6.07) is 0. The van der Waals surface area contributed by atoms with Crippen LogP contribution in [0.3, 0.4) is 0 Å². The number of carboxylic acids is 3. The molecular weight excluding hydrogens is 520 g/mol. The van der Waals surface area contributed by atoms with Crippen LogP contribution >= 0.6 is 0 Å². The summed E-state index contributed by atoms with van der Waals surface area (Å²) >= 11 is 1.68. The van der Waals surface area contributed by atoms with Gasteiger partial charge in [0.2, 0.25) is 0 Å². The van der Waals surface area contributed by atoms with Crippen molar-refractivity contribution in [2.24, 2.45) is 17.8 Å². The third kappa shape index (κ3) is 24.2. The molecule has 0 saturated carbocycles. The van der Waals surface area contributed by atoms with Gasteiger partial charge in [-0.15, -0.1) is 0 Å². The van der Waals surface area contributed by atoms with Crippen molar-refractivity contribution in [1.29, 1.82) is 0 Å². The summed E-state index contributed by atoms with van der Waals surface area (Å²) in [7, 11) is 0. The average molecular weight is 564 g/mol. The van der Waals surface area contributed by atoms with Gasteiger partial charge in [0.1, 0.15) is 17.3 Å². The van der Waals surface area contributed by atoms with Crippen LogP contribution in [0.5, 0.6) is 0 Å². The molecule has 0 spiro atoms. The molecule has 0 aromatic heterocycles. The van der Waals surface area contributed by atoms with Crippen LogP contribution in [0.2, 0.25) is 0 Å². The molecule has 0 aliphatic carbocycles. The first kappa shape index (κ1) is 42.2. The monoisotopic (exact) mass is 564 g/mol. The molecule has 3 atom stereocenters. The normalized spacial score (nSPS) is 12.0. The fourth-order valence-electron chi connectivity index (χ4n) is 2.84. The van der Waals surface area contributed by atoms with Crippen LogP contribution in [0.15, 0.2) is 0 Å². The van der Waals surface area contributed by atoms with Crippen molar-refractivity contribution >= 4 is 35.3 Å². The quantitative estimate of drug-likeness (QED) is 0.193. The summed E-state index contributed by atoms with van der Waals surface area (Å²) in [5.74, 6) is -7.05. The molecule has 0 aromatic carbocycles. The molecule has 11 heteroatoms. The first-order valence-corrected chi connectivity index (χ1v) is 13.4. The molecular formula is C26H44O10Ti. The molecule has 3 unspecified atom stereocenters. The van der Waals surface area contributed by atoms with Gasteiger partial charge >= 0.3 is 37.7 Å². The predicted octanol–water partition coefficient (Wildman–Crippen LogP) is 0.880. The Morgan fingerprint density at radius 3 is 0.811 bits per heavy atom. The zero-order chi connectivity index (χ0) is 30.0. The number of carboxylic acid groups (broad SMARTS) is 3. The molecule has 37 heavy (non-hydrogen) atoms. The average Bonchev–Trinajstić information content (AvgIpc) is 2.81. The van der Waals surface area contributed by atoms with E-state index in [1.165, 1.54) is 0 Å². The number of carbonyl (C=O) groups excluding carboxylic acids is 6. The van der Waals surface area contributed by atoms with E-state index in [1.54, 1.807) is 41.6 Å². The van der Waals surface area contributed by atoms with E-state index in [2.05, 4.69) is 3.32 Å². The number of hydrogen-bond acceptors (Lipinski definition) is 10. The second-order valence-electron chi connectivity index (χ2n) is 7.92. The molecule has 0 heterocycles. The van der Waals surface area contributed by atoms with Gasteiger partial charge in [-0.25, -0.2) is 0 Å². The maximum atomic E-state index is 11.0. The van der Waals surface area contributed by atoms with Gasteiger partial charge in [-0.1, -0.05) is 41.5 Å². The standard InChI is InChI=1S/3C8H14O3.C2H5O.Ti/c3*1-3-5-7(9)6(4-2)8(10)11;1-2-3;/h3*6H,3-5H2,1-2H3,(H,10,11);2H2,1H3;/q;;;-1;+4/p-3. The fourth-order valence-corrected chi connectivity index (χ4v) is 2.84. The second kappa shape index (κ2) is 28.7. The Morgan fingerprint density at radius 2 is 0.730 bits per heavy atom. The summed E-state index contributed by atoms with van der Waals surface area (Å²) in [5.41, 5.74) is 0. The van der Waals surface area contributed by atoms with Crippen molar-refractivity contribution in [3.63, 3.8) is 0 Å². The fraction of sp³-hybridized carbons (Fsp3) is 0.769. The van der Waals surface area contributed by atoms with Crippen LogP contribution < -0.4 is 15.3 Å². The second-order valence-corrected chi connectivity index (χ2v) is 8.37. The number of Topliss-reactive ketones (excluding diaryl/α,β-unsaturated/α-hetero) is 3. The van der Waals surface area contributed by atoms with Gasteiger partial charge in [0.25, 0.3) is 0 Å². The Bertz CT molecular complexity index is 576. The molecule has 0 aliphatic rings. The van der Waals surface area contributed by atoms with Crippen LogP contribution in [-0.2, 0) is 52.9 Å². The molecule has 212 valence electrons. The van der Waals surface area contributed by atoms with Crippen LogP contribution in [0.1, 0.15) is 106 Å². The van der Waals surface area contributed by atoms with Crippen molar-refractivity contribution in [1.82, 2.24) is 0 Å². The Labute approximate surface area is 233 Å². The third-order valence-corrected chi connectivity index (χ3v) is 5.33. The molecule has 0 N–H and O–H groups in total. The zero-order valence-electron chi connectivity index (χ0n) is 23.4. The first-order valence-electron chi connectivity index (χ1n) is 12.8. The van der Waals surface area contributed by atoms with Gasteiger partial charge in [0, 0.05) is 19.3 Å². The van der Waals surface area contributed by atoms with Crippen LogP contribution in [-0.4, -0.2) is 41.9 Å². The SMILES string of the molecule is CCCC(=O)C(CC)C(=O)[O-].CCCC(=O)C(CC)C(=O)[O-].CCCC(=O)C(CC)C(=O)[O-].CC[O][Ti+3]. The number of aliphatic carboxylic acids is 3. The van der Waals surface area contributed by atoms with Gasteiger partial charge in [-0.3, -0.25) is 14.4 Å². The van der Waals surface area contributed by atoms with E-state index in [-0.39, 0.29) is 17.3 Å². The van der Waals surface area contributed by atoms with E-state index in [1.807, 2.05) is 27.7 Å². The number of ketones is 3. The molecule has 0 aliphatic heterocycles. The minimum absolute atomic E-state index is 0.213. The molecule has 0 aromatic rings. The number of hydrogen-bond donors (Lipinski definition) is 0. The van der Waals surface area contributed by atoms with Gasteiger partial charge in [-0.05, 0) is 38.5 Å². The van der Waals surface area contributed by atoms with Gasteiger partial charge in [0.05, 0.1) is 35.7 Å². The van der Waals surface area contributed by atoms with Crippen molar-refractivity contribution in [2.75, 3.05) is 6.61 Å². The molecule has 0 rings (SSSR count). The van der Waals surface area contributed by atoms with Crippen molar-refractivity contribution in [2.45, 2.75) is 106 Å². The van der Waals surface area contributed by atoms with E-state index < -0.39 is 35.7 Å². The summed E-state index contributed by atoms with van der Waals surface area (Å²) in [5, 5.41) is 30.9. The topological polar surface area (TPSA) is 181 Å². The van der Waals surface area contributed by atoms with E-state index in [9.17, 15) is 44.1 Å². The Balaban J connectivity index is -0.000000205. The number of carbonyl (C=O) groups is 6. The van der Waals surface area contributed by atoms with Gasteiger partial charge in [-0.2, -0.15) is 0 Å². The predicted molar refractivity (Wildman–Crippen MR) is 128 cm³/mol. The minimum atomic E-state index is -1.24. The van der Waals surface area contributed by atoms with Crippen molar-refractivity contribution in [3.05, 3.63) is 0 Å². The Kier molecular flexibility index (Phi) is 32.7. The van der Waals surface area contributed by atoms with Crippen LogP contribution in [0.25, 0.3) is 0 Å². The molecule has 0 radical (unpaired) electrons. The molecule has 10 nitrogen and oxygen atoms in total. The van der Waals surface area contributed by atoms with Gasteiger partial charge < -0.3 is 29.7 Å². The molecule has 0 amide bonds. The summed E-state index contributed by atoms with van der Waals surface area (Å²) in [4.78, 5) is 63.9. The van der Waals surface area contributed by atoms with Crippen molar-refractivity contribution < 1.29 is 68.2 Å². The zero-order valence-corrected chi connectivity index (χ0v) is 24.9. The third-order valence-electron chi connectivity index (χ3n) is 4.88. The summed E-state index contributed by atoms with van der Waals surface area (Å²) in [6.45, 7) is 13.3. The Morgan fingerprint density at radius 1 is 0.541 bits per heavy atom. The van der Waals surface area contributed by atoms with Gasteiger partial charge in [0.15, 0.2) is 0 Å². The van der Waals surface area contributed by atoms with Crippen LogP contribution in [0, 0.1) is 17.8 Å². The summed E-state index contributed by atoms with van der Waals surface area (Å²) < 4.78 is 4.54. The maximum absolute atomic E-state index is 11.0. The van der Waals surface area contributed by atoms with Crippen molar-refractivity contribution in [3.8, 4) is 0 Å². The Hall–Kier alpha value is -1.91. The van der Waals surface area contributed by atoms with E-state index in [0.29, 0.717) is 57.8 Å². The van der Waals surface area contributed by atoms with E-state index >= 15 is 0 Å². The van der Waals surface area contributed by atoms with E-state index in [0.717, 1.165) is 6.61 Å².